The van der Waals surface area contributed by atoms with Crippen molar-refractivity contribution < 1.29 is 18.7 Å². The molecule has 3 rings (SSSR count). The van der Waals surface area contributed by atoms with Crippen LogP contribution in [0.25, 0.3) is 11.4 Å². The summed E-state index contributed by atoms with van der Waals surface area (Å²) in [5, 5.41) is 10.9. The van der Waals surface area contributed by atoms with Crippen LogP contribution in [0.3, 0.4) is 0 Å². The summed E-state index contributed by atoms with van der Waals surface area (Å²) in [4.78, 5) is 27.1. The fourth-order valence-corrected chi connectivity index (χ4v) is 3.18. The van der Waals surface area contributed by atoms with Crippen LogP contribution in [0.5, 0.6) is 11.5 Å². The number of rotatable bonds is 11. The van der Waals surface area contributed by atoms with Gasteiger partial charge in [-0.3, -0.25) is 9.59 Å². The Morgan fingerprint density at radius 1 is 1.15 bits per heavy atom. The number of methoxy groups -OCH3 is 1. The second kappa shape index (κ2) is 11.9. The third kappa shape index (κ3) is 6.87. The van der Waals surface area contributed by atoms with Crippen LogP contribution >= 0.6 is 0 Å². The molecule has 9 heteroatoms. The Labute approximate surface area is 197 Å². The standard InChI is InChI=1S/C25H29FN4O4/c1-16(2)12-13-27-23(31)11-9-20-25(32)28-24(30-29-20)17-8-10-21(22(14-17)33-3)34-15-18-6-4-5-7-19(18)26/h4-8,10,14,16H,9,11-13,15H2,1-3H3,(H,27,31)(H,28,30,32). The predicted octanol–water partition coefficient (Wildman–Crippen LogP) is 3.65. The lowest BCUT2D eigenvalue weighted by Gasteiger charge is -2.12. The van der Waals surface area contributed by atoms with Crippen LogP contribution < -0.4 is 20.3 Å². The molecule has 180 valence electrons. The lowest BCUT2D eigenvalue weighted by Crippen LogP contribution is -2.27. The second-order valence-corrected chi connectivity index (χ2v) is 8.23. The van der Waals surface area contributed by atoms with Crippen molar-refractivity contribution >= 4 is 5.91 Å². The van der Waals surface area contributed by atoms with Gasteiger partial charge in [-0.15, -0.1) is 10.2 Å². The van der Waals surface area contributed by atoms with Crippen LogP contribution in [0.4, 0.5) is 4.39 Å². The first-order valence-electron chi connectivity index (χ1n) is 11.1. The fourth-order valence-electron chi connectivity index (χ4n) is 3.18. The molecule has 1 amide bonds. The number of amides is 1. The normalized spacial score (nSPS) is 10.9. The molecule has 0 radical (unpaired) electrons. The number of hydrogen-bond donors (Lipinski definition) is 2. The van der Waals surface area contributed by atoms with Crippen LogP contribution in [0.15, 0.2) is 47.3 Å². The van der Waals surface area contributed by atoms with Crippen LogP contribution in [0.2, 0.25) is 0 Å². The molecule has 1 heterocycles. The predicted molar refractivity (Wildman–Crippen MR) is 126 cm³/mol. The van der Waals surface area contributed by atoms with E-state index in [1.165, 1.54) is 13.2 Å². The Bertz CT molecular complexity index is 1180. The number of benzene rings is 2. The zero-order valence-corrected chi connectivity index (χ0v) is 19.6. The summed E-state index contributed by atoms with van der Waals surface area (Å²) in [6, 6.07) is 11.4. The molecule has 0 aliphatic heterocycles. The quantitative estimate of drug-likeness (QED) is 0.445. The third-order valence-corrected chi connectivity index (χ3v) is 5.18. The van der Waals surface area contributed by atoms with Crippen molar-refractivity contribution in [2.75, 3.05) is 13.7 Å². The minimum atomic E-state index is -0.404. The van der Waals surface area contributed by atoms with Crippen LogP contribution in [0, 0.1) is 11.7 Å². The van der Waals surface area contributed by atoms with E-state index in [1.54, 1.807) is 36.4 Å². The van der Waals surface area contributed by atoms with Gasteiger partial charge in [0, 0.05) is 30.5 Å². The highest BCUT2D eigenvalue weighted by Gasteiger charge is 2.13. The summed E-state index contributed by atoms with van der Waals surface area (Å²) in [5.41, 5.74) is 0.782. The van der Waals surface area contributed by atoms with Gasteiger partial charge in [-0.05, 0) is 36.6 Å². The van der Waals surface area contributed by atoms with Crippen molar-refractivity contribution in [1.82, 2.24) is 20.5 Å². The SMILES string of the molecule is COc1cc(-c2nnc(CCC(=O)NCCC(C)C)c(=O)[nH]2)ccc1OCc1ccccc1F. The molecule has 0 aliphatic rings. The average molecular weight is 469 g/mol. The topological polar surface area (TPSA) is 106 Å². The summed E-state index contributed by atoms with van der Waals surface area (Å²) in [6.07, 6.45) is 1.26. The van der Waals surface area contributed by atoms with Gasteiger partial charge in [-0.25, -0.2) is 4.39 Å². The smallest absolute Gasteiger partial charge is 0.273 e. The highest BCUT2D eigenvalue weighted by atomic mass is 19.1. The number of halogens is 1. The molecule has 0 saturated carbocycles. The third-order valence-electron chi connectivity index (χ3n) is 5.18. The lowest BCUT2D eigenvalue weighted by atomic mass is 10.1. The minimum absolute atomic E-state index is 0.0404. The van der Waals surface area contributed by atoms with Gasteiger partial charge in [0.25, 0.3) is 5.56 Å². The summed E-state index contributed by atoms with van der Waals surface area (Å²) in [5.74, 6) is 1.12. The van der Waals surface area contributed by atoms with Crippen molar-refractivity contribution in [3.05, 3.63) is 69.9 Å². The molecule has 2 N–H and O–H groups in total. The van der Waals surface area contributed by atoms with E-state index in [4.69, 9.17) is 9.47 Å². The molecule has 3 aromatic rings. The number of aryl methyl sites for hydroxylation is 1. The van der Waals surface area contributed by atoms with Crippen LogP contribution in [-0.2, 0) is 17.8 Å². The molecule has 2 aromatic carbocycles. The number of ether oxygens (including phenoxy) is 2. The Morgan fingerprint density at radius 3 is 2.65 bits per heavy atom. The second-order valence-electron chi connectivity index (χ2n) is 8.23. The monoisotopic (exact) mass is 468 g/mol. The zero-order valence-electron chi connectivity index (χ0n) is 19.6. The molecule has 0 atom stereocenters. The van der Waals surface area contributed by atoms with Gasteiger partial charge in [0.1, 0.15) is 18.1 Å². The van der Waals surface area contributed by atoms with Crippen LogP contribution in [-0.4, -0.2) is 34.7 Å². The van der Waals surface area contributed by atoms with Crippen molar-refractivity contribution in [2.45, 2.75) is 39.7 Å². The summed E-state index contributed by atoms with van der Waals surface area (Å²) in [6.45, 7) is 4.83. The highest BCUT2D eigenvalue weighted by molar-refractivity contribution is 5.76. The number of hydrogen-bond acceptors (Lipinski definition) is 6. The summed E-state index contributed by atoms with van der Waals surface area (Å²) >= 11 is 0. The van der Waals surface area contributed by atoms with E-state index in [0.29, 0.717) is 35.1 Å². The van der Waals surface area contributed by atoms with E-state index in [1.807, 2.05) is 0 Å². The molecule has 1 aromatic heterocycles. The first kappa shape index (κ1) is 24.9. The van der Waals surface area contributed by atoms with Gasteiger partial charge in [-0.2, -0.15) is 0 Å². The van der Waals surface area contributed by atoms with Gasteiger partial charge >= 0.3 is 0 Å². The Morgan fingerprint density at radius 2 is 1.94 bits per heavy atom. The van der Waals surface area contributed by atoms with Gasteiger partial charge in [0.15, 0.2) is 17.3 Å². The average Bonchev–Trinajstić information content (AvgIpc) is 2.82. The molecule has 0 bridgehead atoms. The number of carbonyl (C=O) groups is 1. The molecular formula is C25H29FN4O4. The number of aromatic nitrogens is 3. The first-order chi connectivity index (χ1) is 16.4. The van der Waals surface area contributed by atoms with Crippen LogP contribution in [0.1, 0.15) is 37.9 Å². The Kier molecular flexibility index (Phi) is 8.73. The highest BCUT2D eigenvalue weighted by Crippen LogP contribution is 2.31. The van der Waals surface area contributed by atoms with Gasteiger partial charge in [-0.1, -0.05) is 32.0 Å². The summed E-state index contributed by atoms with van der Waals surface area (Å²) in [7, 11) is 1.48. The number of carbonyl (C=O) groups excluding carboxylic acids is 1. The molecule has 34 heavy (non-hydrogen) atoms. The number of nitrogens with one attached hydrogen (secondary N) is 2. The van der Waals surface area contributed by atoms with Crippen molar-refractivity contribution in [3.63, 3.8) is 0 Å². The zero-order chi connectivity index (χ0) is 24.5. The first-order valence-corrected chi connectivity index (χ1v) is 11.1. The van der Waals surface area contributed by atoms with E-state index in [2.05, 4.69) is 34.3 Å². The fraction of sp³-hybridized carbons (Fsp3) is 0.360. The van der Waals surface area contributed by atoms with Crippen molar-refractivity contribution in [3.8, 4) is 22.9 Å². The summed E-state index contributed by atoms with van der Waals surface area (Å²) < 4.78 is 24.9. The number of aromatic amines is 1. The maximum atomic E-state index is 13.8. The van der Waals surface area contributed by atoms with E-state index in [-0.39, 0.29) is 42.7 Å². The molecule has 0 fully saturated rings. The van der Waals surface area contributed by atoms with Crippen molar-refractivity contribution in [1.29, 1.82) is 0 Å². The molecular weight excluding hydrogens is 439 g/mol. The molecule has 8 nitrogen and oxygen atoms in total. The molecule has 0 saturated heterocycles. The minimum Gasteiger partial charge on any atom is -0.493 e. The van der Waals surface area contributed by atoms with E-state index in [0.717, 1.165) is 6.42 Å². The maximum Gasteiger partial charge on any atom is 0.273 e. The molecule has 0 aliphatic carbocycles. The molecule has 0 spiro atoms. The van der Waals surface area contributed by atoms with E-state index < -0.39 is 5.56 Å². The molecule has 0 unspecified atom stereocenters. The number of nitrogens with zero attached hydrogens (tertiary/aromatic N) is 2. The van der Waals surface area contributed by atoms with E-state index in [9.17, 15) is 14.0 Å². The Balaban J connectivity index is 1.65. The van der Waals surface area contributed by atoms with Crippen molar-refractivity contribution in [2.24, 2.45) is 5.92 Å². The van der Waals surface area contributed by atoms with Gasteiger partial charge in [0.05, 0.1) is 7.11 Å². The Hall–Kier alpha value is -3.75. The van der Waals surface area contributed by atoms with Gasteiger partial charge < -0.3 is 19.8 Å². The maximum absolute atomic E-state index is 13.8. The largest absolute Gasteiger partial charge is 0.493 e. The van der Waals surface area contributed by atoms with Gasteiger partial charge in [0.2, 0.25) is 5.91 Å². The number of H-pyrrole nitrogens is 1. The van der Waals surface area contributed by atoms with E-state index >= 15 is 0 Å². The lowest BCUT2D eigenvalue weighted by molar-refractivity contribution is -0.121.